The molecular weight excluding hydrogens is 264 g/mol. The summed E-state index contributed by atoms with van der Waals surface area (Å²) in [4.78, 5) is 11.8. The van der Waals surface area contributed by atoms with E-state index >= 15 is 0 Å². The van der Waals surface area contributed by atoms with Gasteiger partial charge in [-0.3, -0.25) is 4.90 Å². The van der Waals surface area contributed by atoms with Crippen molar-refractivity contribution < 1.29 is 4.74 Å². The summed E-state index contributed by atoms with van der Waals surface area (Å²) >= 11 is 0. The molecule has 116 valence electrons. The van der Waals surface area contributed by atoms with E-state index in [2.05, 4.69) is 28.2 Å². The van der Waals surface area contributed by atoms with Crippen molar-refractivity contribution in [3.63, 3.8) is 0 Å². The first-order valence-electron chi connectivity index (χ1n) is 8.16. The zero-order chi connectivity index (χ0) is 14.7. The van der Waals surface area contributed by atoms with E-state index in [1.165, 1.54) is 19.3 Å². The van der Waals surface area contributed by atoms with Crippen LogP contribution in [0.4, 0.5) is 0 Å². The number of aryl methyl sites for hydroxylation is 1. The summed E-state index contributed by atoms with van der Waals surface area (Å²) in [6, 6.07) is 2.78. The lowest BCUT2D eigenvalue weighted by Gasteiger charge is -2.32. The van der Waals surface area contributed by atoms with Crippen LogP contribution in [0, 0.1) is 6.92 Å². The molecule has 1 atom stereocenters. The van der Waals surface area contributed by atoms with E-state index in [0.29, 0.717) is 6.04 Å². The van der Waals surface area contributed by atoms with Crippen molar-refractivity contribution in [2.24, 2.45) is 0 Å². The van der Waals surface area contributed by atoms with Gasteiger partial charge in [0.05, 0.1) is 12.3 Å². The third-order valence-corrected chi connectivity index (χ3v) is 4.05. The van der Waals surface area contributed by atoms with Crippen molar-refractivity contribution in [1.29, 1.82) is 0 Å². The van der Waals surface area contributed by atoms with Crippen LogP contribution >= 0.6 is 0 Å². The highest BCUT2D eigenvalue weighted by molar-refractivity contribution is 5.12. The average molecular weight is 290 g/mol. The van der Waals surface area contributed by atoms with Crippen LogP contribution in [-0.2, 0) is 11.3 Å². The molecule has 1 saturated carbocycles. The third kappa shape index (κ3) is 4.22. The van der Waals surface area contributed by atoms with Gasteiger partial charge in [0.15, 0.2) is 5.82 Å². The zero-order valence-electron chi connectivity index (χ0n) is 13.1. The highest BCUT2D eigenvalue weighted by atomic mass is 16.5. The second kappa shape index (κ2) is 6.81. The van der Waals surface area contributed by atoms with Gasteiger partial charge in [0.2, 0.25) is 0 Å². The summed E-state index contributed by atoms with van der Waals surface area (Å²) in [5.74, 6) is 0.850. The van der Waals surface area contributed by atoms with Crippen LogP contribution < -0.4 is 5.32 Å². The Hall–Kier alpha value is -1.04. The Bertz CT molecular complexity index is 473. The molecule has 1 saturated heterocycles. The van der Waals surface area contributed by atoms with Gasteiger partial charge in [-0.1, -0.05) is 6.92 Å². The Morgan fingerprint density at radius 2 is 2.24 bits per heavy atom. The van der Waals surface area contributed by atoms with Crippen LogP contribution in [0.15, 0.2) is 6.07 Å². The van der Waals surface area contributed by atoms with Crippen molar-refractivity contribution >= 4 is 0 Å². The molecule has 1 N–H and O–H groups in total. The minimum atomic E-state index is 0.0184. The SMILES string of the molecule is CCCN1CCOC(c2nc(C)cc(CNC3CC3)n2)C1. The Balaban J connectivity index is 1.67. The predicted molar refractivity (Wildman–Crippen MR) is 82.1 cm³/mol. The largest absolute Gasteiger partial charge is 0.368 e. The average Bonchev–Trinajstić information content (AvgIpc) is 3.29. The lowest BCUT2D eigenvalue weighted by Crippen LogP contribution is -2.39. The predicted octanol–water partition coefficient (Wildman–Crippen LogP) is 1.82. The van der Waals surface area contributed by atoms with Crippen LogP contribution in [-0.4, -0.2) is 47.2 Å². The molecule has 2 heterocycles. The molecule has 1 aromatic heterocycles. The summed E-state index contributed by atoms with van der Waals surface area (Å²) in [7, 11) is 0. The second-order valence-corrected chi connectivity index (χ2v) is 6.17. The number of hydrogen-bond donors (Lipinski definition) is 1. The molecule has 2 fully saturated rings. The minimum absolute atomic E-state index is 0.0184. The fraction of sp³-hybridized carbons (Fsp3) is 0.750. The number of nitrogens with one attached hydrogen (secondary N) is 1. The van der Waals surface area contributed by atoms with Gasteiger partial charge in [-0.15, -0.1) is 0 Å². The summed E-state index contributed by atoms with van der Waals surface area (Å²) in [6.45, 7) is 8.93. The number of morpholine rings is 1. The molecule has 1 aliphatic carbocycles. The molecule has 5 nitrogen and oxygen atoms in total. The van der Waals surface area contributed by atoms with Gasteiger partial charge in [-0.2, -0.15) is 0 Å². The van der Waals surface area contributed by atoms with E-state index in [1.807, 2.05) is 6.92 Å². The van der Waals surface area contributed by atoms with E-state index in [1.54, 1.807) is 0 Å². The smallest absolute Gasteiger partial charge is 0.158 e. The van der Waals surface area contributed by atoms with Crippen LogP contribution in [0.25, 0.3) is 0 Å². The molecule has 0 spiro atoms. The summed E-state index contributed by atoms with van der Waals surface area (Å²) in [5, 5.41) is 3.52. The Morgan fingerprint density at radius 1 is 1.38 bits per heavy atom. The van der Waals surface area contributed by atoms with E-state index in [9.17, 15) is 0 Å². The first-order valence-corrected chi connectivity index (χ1v) is 8.16. The van der Waals surface area contributed by atoms with Gasteiger partial charge < -0.3 is 10.1 Å². The first-order chi connectivity index (χ1) is 10.2. The van der Waals surface area contributed by atoms with Crippen molar-refractivity contribution in [2.75, 3.05) is 26.2 Å². The van der Waals surface area contributed by atoms with Crippen molar-refractivity contribution in [3.8, 4) is 0 Å². The molecule has 21 heavy (non-hydrogen) atoms. The van der Waals surface area contributed by atoms with E-state index in [4.69, 9.17) is 9.72 Å². The van der Waals surface area contributed by atoms with Crippen molar-refractivity contribution in [3.05, 3.63) is 23.3 Å². The van der Waals surface area contributed by atoms with Gasteiger partial charge in [-0.25, -0.2) is 9.97 Å². The summed E-state index contributed by atoms with van der Waals surface area (Å²) < 4.78 is 5.90. The Morgan fingerprint density at radius 3 is 3.00 bits per heavy atom. The van der Waals surface area contributed by atoms with E-state index in [-0.39, 0.29) is 6.10 Å². The molecule has 0 bridgehead atoms. The molecule has 5 heteroatoms. The first kappa shape index (κ1) is 14.9. The molecule has 1 aliphatic heterocycles. The number of ether oxygens (including phenoxy) is 1. The quantitative estimate of drug-likeness (QED) is 0.866. The Kier molecular flexibility index (Phi) is 4.83. The van der Waals surface area contributed by atoms with Crippen LogP contribution in [0.2, 0.25) is 0 Å². The van der Waals surface area contributed by atoms with E-state index < -0.39 is 0 Å². The molecule has 1 aromatic rings. The lowest BCUT2D eigenvalue weighted by molar-refractivity contribution is -0.0343. The standard InChI is InChI=1S/C16H26N4O/c1-3-6-20-7-8-21-15(11-20)16-18-12(2)9-14(19-16)10-17-13-4-5-13/h9,13,15,17H,3-8,10-11H2,1-2H3. The highest BCUT2D eigenvalue weighted by Gasteiger charge is 2.25. The molecule has 0 radical (unpaired) electrons. The lowest BCUT2D eigenvalue weighted by atomic mass is 10.2. The molecule has 1 unspecified atom stereocenters. The number of nitrogens with zero attached hydrogens (tertiary/aromatic N) is 3. The fourth-order valence-electron chi connectivity index (χ4n) is 2.81. The summed E-state index contributed by atoms with van der Waals surface area (Å²) in [6.07, 6.45) is 3.80. The number of aromatic nitrogens is 2. The fourth-order valence-corrected chi connectivity index (χ4v) is 2.81. The van der Waals surface area contributed by atoms with Crippen LogP contribution in [0.5, 0.6) is 0 Å². The van der Waals surface area contributed by atoms with Crippen LogP contribution in [0.1, 0.15) is 49.5 Å². The van der Waals surface area contributed by atoms with E-state index in [0.717, 1.165) is 50.0 Å². The van der Waals surface area contributed by atoms with Crippen LogP contribution in [0.3, 0.4) is 0 Å². The molecule has 0 aromatic carbocycles. The monoisotopic (exact) mass is 290 g/mol. The molecule has 3 rings (SSSR count). The van der Waals surface area contributed by atoms with Crippen molar-refractivity contribution in [1.82, 2.24) is 20.2 Å². The molecule has 0 amide bonds. The summed E-state index contributed by atoms with van der Waals surface area (Å²) in [5.41, 5.74) is 2.12. The van der Waals surface area contributed by atoms with Gasteiger partial charge in [0.1, 0.15) is 6.10 Å². The van der Waals surface area contributed by atoms with Gasteiger partial charge in [0.25, 0.3) is 0 Å². The minimum Gasteiger partial charge on any atom is -0.368 e. The normalized spacial score (nSPS) is 23.4. The van der Waals surface area contributed by atoms with Gasteiger partial charge in [-0.05, 0) is 38.8 Å². The topological polar surface area (TPSA) is 50.3 Å². The molecular formula is C16H26N4O. The van der Waals surface area contributed by atoms with Gasteiger partial charge in [0, 0.05) is 31.4 Å². The Labute approximate surface area is 127 Å². The number of hydrogen-bond acceptors (Lipinski definition) is 5. The zero-order valence-corrected chi connectivity index (χ0v) is 13.1. The maximum absolute atomic E-state index is 5.90. The van der Waals surface area contributed by atoms with Crippen molar-refractivity contribution in [2.45, 2.75) is 51.8 Å². The molecule has 2 aliphatic rings. The highest BCUT2D eigenvalue weighted by Crippen LogP contribution is 2.21. The maximum atomic E-state index is 5.90. The number of rotatable bonds is 6. The maximum Gasteiger partial charge on any atom is 0.158 e. The van der Waals surface area contributed by atoms with Gasteiger partial charge >= 0.3 is 0 Å². The third-order valence-electron chi connectivity index (χ3n) is 4.05. The second-order valence-electron chi connectivity index (χ2n) is 6.17.